The Labute approximate surface area is 74.3 Å². The summed E-state index contributed by atoms with van der Waals surface area (Å²) >= 11 is 0. The molecule has 4 rings (SSSR count). The van der Waals surface area contributed by atoms with E-state index in [4.69, 9.17) is 0 Å². The van der Waals surface area contributed by atoms with Crippen LogP contribution in [-0.2, 0) is 0 Å². The van der Waals surface area contributed by atoms with Gasteiger partial charge in [0.2, 0.25) is 0 Å². The van der Waals surface area contributed by atoms with Crippen molar-refractivity contribution < 1.29 is 0 Å². The summed E-state index contributed by atoms with van der Waals surface area (Å²) in [5.74, 6) is 1.05. The van der Waals surface area contributed by atoms with Crippen LogP contribution in [0.4, 0.5) is 0 Å². The molecule has 1 atom stereocenters. The minimum atomic E-state index is 0.705. The molecule has 1 spiro atoms. The van der Waals surface area contributed by atoms with Crippen LogP contribution in [0.3, 0.4) is 0 Å². The predicted octanol–water partition coefficient (Wildman–Crippen LogP) is 0.692. The van der Waals surface area contributed by atoms with Crippen molar-refractivity contribution in [2.75, 3.05) is 32.7 Å². The van der Waals surface area contributed by atoms with Gasteiger partial charge in [0.05, 0.1) is 0 Å². The molecular formula is C10H18N2. The van der Waals surface area contributed by atoms with E-state index in [0.717, 1.165) is 5.92 Å². The van der Waals surface area contributed by atoms with Crippen molar-refractivity contribution in [3.05, 3.63) is 0 Å². The summed E-state index contributed by atoms with van der Waals surface area (Å²) in [5, 5.41) is 3.54. The Bertz CT molecular complexity index is 176. The van der Waals surface area contributed by atoms with Crippen LogP contribution in [0.5, 0.6) is 0 Å². The van der Waals surface area contributed by atoms with E-state index in [-0.39, 0.29) is 0 Å². The third-order valence-electron chi connectivity index (χ3n) is 4.27. The van der Waals surface area contributed by atoms with Gasteiger partial charge in [-0.15, -0.1) is 0 Å². The predicted molar refractivity (Wildman–Crippen MR) is 49.1 cm³/mol. The molecule has 2 nitrogen and oxygen atoms in total. The lowest BCUT2D eigenvalue weighted by atomic mass is 9.66. The largest absolute Gasteiger partial charge is 0.316 e. The first-order valence-electron chi connectivity index (χ1n) is 5.32. The van der Waals surface area contributed by atoms with Crippen molar-refractivity contribution in [2.45, 2.75) is 19.3 Å². The van der Waals surface area contributed by atoms with Gasteiger partial charge in [-0.1, -0.05) is 0 Å². The van der Waals surface area contributed by atoms with Gasteiger partial charge in [0, 0.05) is 13.1 Å². The van der Waals surface area contributed by atoms with Crippen LogP contribution >= 0.6 is 0 Å². The monoisotopic (exact) mass is 166 g/mol. The highest BCUT2D eigenvalue weighted by Gasteiger charge is 2.47. The molecule has 4 saturated heterocycles. The second kappa shape index (κ2) is 2.46. The van der Waals surface area contributed by atoms with E-state index in [9.17, 15) is 0 Å². The maximum Gasteiger partial charge on any atom is 0.00533 e. The lowest BCUT2D eigenvalue weighted by Crippen LogP contribution is -2.55. The van der Waals surface area contributed by atoms with Crippen molar-refractivity contribution in [1.82, 2.24) is 10.2 Å². The maximum atomic E-state index is 3.54. The van der Waals surface area contributed by atoms with E-state index in [1.54, 1.807) is 0 Å². The normalized spacial score (nSPS) is 52.0. The van der Waals surface area contributed by atoms with Gasteiger partial charge >= 0.3 is 0 Å². The summed E-state index contributed by atoms with van der Waals surface area (Å²) in [6.45, 7) is 6.72. The van der Waals surface area contributed by atoms with Gasteiger partial charge in [-0.3, -0.25) is 0 Å². The number of piperidine rings is 3. The molecule has 4 aliphatic rings. The molecule has 4 aliphatic heterocycles. The van der Waals surface area contributed by atoms with E-state index < -0.39 is 0 Å². The standard InChI is InChI=1S/C10H18N2/c1-5-12-6-2-9(1)10(8-12)3-4-11-7-10/h9,11H,1-8H2. The Kier molecular flexibility index (Phi) is 1.50. The molecule has 0 saturated carbocycles. The van der Waals surface area contributed by atoms with Crippen LogP contribution in [-0.4, -0.2) is 37.6 Å². The highest BCUT2D eigenvalue weighted by molar-refractivity contribution is 5.01. The van der Waals surface area contributed by atoms with Crippen LogP contribution in [0.25, 0.3) is 0 Å². The lowest BCUT2D eigenvalue weighted by molar-refractivity contribution is -0.0156. The van der Waals surface area contributed by atoms with E-state index in [0.29, 0.717) is 5.41 Å². The zero-order chi connectivity index (χ0) is 8.02. The quantitative estimate of drug-likeness (QED) is 0.569. The third kappa shape index (κ3) is 0.882. The molecule has 1 unspecified atom stereocenters. The molecule has 4 heterocycles. The van der Waals surface area contributed by atoms with E-state index >= 15 is 0 Å². The summed E-state index contributed by atoms with van der Waals surface area (Å²) in [6, 6.07) is 0. The molecule has 0 radical (unpaired) electrons. The molecule has 4 fully saturated rings. The van der Waals surface area contributed by atoms with Crippen molar-refractivity contribution in [3.63, 3.8) is 0 Å². The number of nitrogens with one attached hydrogen (secondary N) is 1. The topological polar surface area (TPSA) is 15.3 Å². The summed E-state index contributed by atoms with van der Waals surface area (Å²) in [4.78, 5) is 2.67. The van der Waals surface area contributed by atoms with Crippen LogP contribution in [0.2, 0.25) is 0 Å². The summed E-state index contributed by atoms with van der Waals surface area (Å²) in [7, 11) is 0. The van der Waals surface area contributed by atoms with Gasteiger partial charge in [0.15, 0.2) is 0 Å². The fourth-order valence-corrected chi connectivity index (χ4v) is 3.52. The van der Waals surface area contributed by atoms with E-state index in [2.05, 4.69) is 10.2 Å². The molecule has 68 valence electrons. The van der Waals surface area contributed by atoms with Gasteiger partial charge < -0.3 is 10.2 Å². The third-order valence-corrected chi connectivity index (χ3v) is 4.27. The van der Waals surface area contributed by atoms with Crippen LogP contribution in [0.1, 0.15) is 19.3 Å². The first kappa shape index (κ1) is 7.34. The van der Waals surface area contributed by atoms with Gasteiger partial charge in [-0.25, -0.2) is 0 Å². The number of nitrogens with zero attached hydrogens (tertiary/aromatic N) is 1. The molecule has 2 heteroatoms. The van der Waals surface area contributed by atoms with Gasteiger partial charge in [-0.05, 0) is 50.2 Å². The number of fused-ring (bicyclic) bond motifs is 2. The SMILES string of the molecule is C1CC2(CN1)CN1CCC2CC1. The van der Waals surface area contributed by atoms with Gasteiger partial charge in [0.25, 0.3) is 0 Å². The number of hydrogen-bond acceptors (Lipinski definition) is 2. The Morgan fingerprint density at radius 2 is 2.08 bits per heavy atom. The minimum absolute atomic E-state index is 0.705. The number of hydrogen-bond donors (Lipinski definition) is 1. The highest BCUT2D eigenvalue weighted by atomic mass is 15.2. The lowest BCUT2D eigenvalue weighted by Gasteiger charge is -2.51. The Hall–Kier alpha value is -0.0800. The average Bonchev–Trinajstić information content (AvgIpc) is 2.55. The molecule has 0 aromatic carbocycles. The Morgan fingerprint density at radius 3 is 2.58 bits per heavy atom. The summed E-state index contributed by atoms with van der Waals surface area (Å²) < 4.78 is 0. The van der Waals surface area contributed by atoms with E-state index in [1.807, 2.05) is 0 Å². The molecule has 2 bridgehead atoms. The zero-order valence-electron chi connectivity index (χ0n) is 7.68. The maximum absolute atomic E-state index is 3.54. The number of rotatable bonds is 0. The van der Waals surface area contributed by atoms with Crippen LogP contribution in [0.15, 0.2) is 0 Å². The Morgan fingerprint density at radius 1 is 1.25 bits per heavy atom. The Balaban J connectivity index is 1.86. The summed E-state index contributed by atoms with van der Waals surface area (Å²) in [5.41, 5.74) is 0.705. The molecule has 0 aliphatic carbocycles. The molecular weight excluding hydrogens is 148 g/mol. The van der Waals surface area contributed by atoms with Crippen molar-refractivity contribution in [2.24, 2.45) is 11.3 Å². The van der Waals surface area contributed by atoms with Crippen molar-refractivity contribution >= 4 is 0 Å². The first-order chi connectivity index (χ1) is 5.89. The second-order valence-electron chi connectivity index (χ2n) is 4.84. The van der Waals surface area contributed by atoms with Gasteiger partial charge in [0.1, 0.15) is 0 Å². The molecule has 0 aromatic heterocycles. The van der Waals surface area contributed by atoms with Crippen LogP contribution < -0.4 is 5.32 Å². The molecule has 1 N–H and O–H groups in total. The van der Waals surface area contributed by atoms with E-state index in [1.165, 1.54) is 52.0 Å². The fraction of sp³-hybridized carbons (Fsp3) is 1.00. The highest BCUT2D eigenvalue weighted by Crippen LogP contribution is 2.45. The van der Waals surface area contributed by atoms with Gasteiger partial charge in [-0.2, -0.15) is 0 Å². The molecule has 0 amide bonds. The first-order valence-corrected chi connectivity index (χ1v) is 5.32. The molecule has 0 aromatic rings. The van der Waals surface area contributed by atoms with Crippen molar-refractivity contribution in [3.8, 4) is 0 Å². The minimum Gasteiger partial charge on any atom is -0.316 e. The fourth-order valence-electron chi connectivity index (χ4n) is 3.52. The van der Waals surface area contributed by atoms with Crippen molar-refractivity contribution in [1.29, 1.82) is 0 Å². The smallest absolute Gasteiger partial charge is 0.00533 e. The second-order valence-corrected chi connectivity index (χ2v) is 4.84. The van der Waals surface area contributed by atoms with Crippen LogP contribution in [0, 0.1) is 11.3 Å². The zero-order valence-corrected chi connectivity index (χ0v) is 7.68. The average molecular weight is 166 g/mol. The summed E-state index contributed by atoms with van der Waals surface area (Å²) in [6.07, 6.45) is 4.39. The molecule has 12 heavy (non-hydrogen) atoms.